The largest absolute Gasteiger partial charge is 0.388 e. The fraction of sp³-hybridized carbons (Fsp3) is 0.500. The minimum absolute atomic E-state index is 0.436. The molecule has 0 amide bonds. The Kier molecular flexibility index (Phi) is 3.53. The van der Waals surface area contributed by atoms with Gasteiger partial charge in [-0.3, -0.25) is 4.68 Å². The van der Waals surface area contributed by atoms with Crippen molar-refractivity contribution in [2.75, 3.05) is 0 Å². The van der Waals surface area contributed by atoms with Gasteiger partial charge in [0.15, 0.2) is 0 Å². The number of hydrogen-bond donors (Lipinski definition) is 1. The molecule has 1 atom stereocenters. The van der Waals surface area contributed by atoms with Crippen LogP contribution in [0.5, 0.6) is 0 Å². The van der Waals surface area contributed by atoms with Crippen LogP contribution in [0.1, 0.15) is 31.4 Å². The predicted molar refractivity (Wildman–Crippen MR) is 50.9 cm³/mol. The smallest absolute Gasteiger partial charge is 0.0829 e. The lowest BCUT2D eigenvalue weighted by Gasteiger charge is -2.04. The van der Waals surface area contributed by atoms with Crippen LogP contribution in [0.25, 0.3) is 0 Å². The van der Waals surface area contributed by atoms with Gasteiger partial charge in [0.25, 0.3) is 0 Å². The van der Waals surface area contributed by atoms with Gasteiger partial charge in [-0.25, -0.2) is 0 Å². The molecule has 0 aliphatic heterocycles. The van der Waals surface area contributed by atoms with E-state index >= 15 is 0 Å². The highest BCUT2D eigenvalue weighted by atomic mass is 16.3. The number of aliphatic hydroxyl groups is 1. The number of aryl methyl sites for hydroxylation is 1. The summed E-state index contributed by atoms with van der Waals surface area (Å²) in [5.74, 6) is 5.72. The summed E-state index contributed by atoms with van der Waals surface area (Å²) in [5.41, 5.74) is 0.861. The van der Waals surface area contributed by atoms with E-state index in [0.717, 1.165) is 12.0 Å². The number of aromatic nitrogens is 2. The number of aliphatic hydroxyl groups excluding tert-OH is 1. The van der Waals surface area contributed by atoms with Crippen LogP contribution in [-0.4, -0.2) is 14.9 Å². The summed E-state index contributed by atoms with van der Waals surface area (Å²) in [7, 11) is 1.84. The van der Waals surface area contributed by atoms with E-state index in [1.165, 1.54) is 0 Å². The van der Waals surface area contributed by atoms with Crippen molar-refractivity contribution in [3.8, 4) is 11.8 Å². The topological polar surface area (TPSA) is 38.1 Å². The molecule has 1 unspecified atom stereocenters. The molecular weight excluding hydrogens is 164 g/mol. The Morgan fingerprint density at radius 3 is 3.00 bits per heavy atom. The Balaban J connectivity index is 2.47. The number of rotatable bonds is 3. The molecule has 1 rings (SSSR count). The van der Waals surface area contributed by atoms with Crippen molar-refractivity contribution in [1.82, 2.24) is 9.78 Å². The van der Waals surface area contributed by atoms with Gasteiger partial charge in [-0.2, -0.15) is 5.10 Å². The van der Waals surface area contributed by atoms with Crippen molar-refractivity contribution >= 4 is 0 Å². The lowest BCUT2D eigenvalue weighted by molar-refractivity contribution is 0.169. The molecule has 0 saturated carbocycles. The van der Waals surface area contributed by atoms with E-state index in [1.54, 1.807) is 17.8 Å². The highest BCUT2D eigenvalue weighted by molar-refractivity contribution is 5.08. The normalized spacial score (nSPS) is 11.9. The fourth-order valence-corrected chi connectivity index (χ4v) is 1.11. The zero-order valence-electron chi connectivity index (χ0n) is 7.99. The van der Waals surface area contributed by atoms with E-state index < -0.39 is 6.10 Å². The molecular formula is C10H14N2O. The third-order valence-electron chi connectivity index (χ3n) is 1.83. The summed E-state index contributed by atoms with van der Waals surface area (Å²) in [6.45, 7) is 1.80. The van der Waals surface area contributed by atoms with Crippen LogP contribution in [-0.2, 0) is 7.05 Å². The maximum atomic E-state index is 9.64. The van der Waals surface area contributed by atoms with Gasteiger partial charge < -0.3 is 5.11 Å². The van der Waals surface area contributed by atoms with Gasteiger partial charge in [0.1, 0.15) is 0 Å². The Bertz CT molecular complexity index is 319. The summed E-state index contributed by atoms with van der Waals surface area (Å²) in [6.07, 6.45) is 4.47. The van der Waals surface area contributed by atoms with Gasteiger partial charge in [-0.1, -0.05) is 0 Å². The molecule has 13 heavy (non-hydrogen) atoms. The van der Waals surface area contributed by atoms with Crippen molar-refractivity contribution < 1.29 is 5.11 Å². The summed E-state index contributed by atoms with van der Waals surface area (Å²) < 4.78 is 1.68. The van der Waals surface area contributed by atoms with Gasteiger partial charge in [-0.15, -0.1) is 11.8 Å². The van der Waals surface area contributed by atoms with Crippen molar-refractivity contribution in [3.05, 3.63) is 18.0 Å². The average molecular weight is 178 g/mol. The first-order chi connectivity index (χ1) is 6.24. The van der Waals surface area contributed by atoms with E-state index in [-0.39, 0.29) is 0 Å². The molecule has 0 aliphatic rings. The van der Waals surface area contributed by atoms with Crippen molar-refractivity contribution in [2.24, 2.45) is 7.05 Å². The second-order valence-electron chi connectivity index (χ2n) is 2.93. The maximum Gasteiger partial charge on any atom is 0.0829 e. The quantitative estimate of drug-likeness (QED) is 0.707. The van der Waals surface area contributed by atoms with Crippen LogP contribution >= 0.6 is 0 Å². The first kappa shape index (κ1) is 9.82. The van der Waals surface area contributed by atoms with Crippen molar-refractivity contribution in [2.45, 2.75) is 25.9 Å². The summed E-state index contributed by atoms with van der Waals surface area (Å²) in [6, 6.07) is 0. The third kappa shape index (κ3) is 2.92. The summed E-state index contributed by atoms with van der Waals surface area (Å²) in [4.78, 5) is 0. The van der Waals surface area contributed by atoms with Crippen LogP contribution in [0.4, 0.5) is 0 Å². The predicted octanol–water partition coefficient (Wildman–Crippen LogP) is 1.26. The molecule has 0 fully saturated rings. The second-order valence-corrected chi connectivity index (χ2v) is 2.93. The van der Waals surface area contributed by atoms with Crippen LogP contribution in [0, 0.1) is 11.8 Å². The van der Waals surface area contributed by atoms with Crippen molar-refractivity contribution in [1.29, 1.82) is 0 Å². The summed E-state index contributed by atoms with van der Waals surface area (Å²) in [5, 5.41) is 13.6. The molecule has 1 aromatic heterocycles. The highest BCUT2D eigenvalue weighted by Crippen LogP contribution is 2.16. The zero-order chi connectivity index (χ0) is 9.68. The molecule has 70 valence electrons. The summed E-state index contributed by atoms with van der Waals surface area (Å²) >= 11 is 0. The third-order valence-corrected chi connectivity index (χ3v) is 1.83. The van der Waals surface area contributed by atoms with Crippen LogP contribution in [0.15, 0.2) is 12.4 Å². The van der Waals surface area contributed by atoms with Gasteiger partial charge >= 0.3 is 0 Å². The minimum Gasteiger partial charge on any atom is -0.388 e. The Hall–Kier alpha value is -1.27. The Labute approximate surface area is 78.4 Å². The van der Waals surface area contributed by atoms with E-state index in [0.29, 0.717) is 6.42 Å². The number of nitrogens with zero attached hydrogens (tertiary/aromatic N) is 2. The lowest BCUT2D eigenvalue weighted by Crippen LogP contribution is -1.95. The van der Waals surface area contributed by atoms with E-state index in [2.05, 4.69) is 16.9 Å². The Morgan fingerprint density at radius 2 is 2.46 bits per heavy atom. The molecule has 1 heterocycles. The fourth-order valence-electron chi connectivity index (χ4n) is 1.11. The molecule has 0 spiro atoms. The zero-order valence-corrected chi connectivity index (χ0v) is 7.99. The van der Waals surface area contributed by atoms with E-state index in [4.69, 9.17) is 0 Å². The SMILES string of the molecule is CC#CCCC(O)c1cnn(C)c1. The standard InChI is InChI=1S/C10H14N2O/c1-3-4-5-6-10(13)9-7-11-12(2)8-9/h7-8,10,13H,5-6H2,1-2H3. The molecule has 0 radical (unpaired) electrons. The minimum atomic E-state index is -0.436. The number of hydrogen-bond acceptors (Lipinski definition) is 2. The van der Waals surface area contributed by atoms with Crippen LogP contribution < -0.4 is 0 Å². The van der Waals surface area contributed by atoms with Gasteiger partial charge in [0.05, 0.1) is 12.3 Å². The molecule has 3 heteroatoms. The van der Waals surface area contributed by atoms with Crippen LogP contribution in [0.3, 0.4) is 0 Å². The van der Waals surface area contributed by atoms with E-state index in [9.17, 15) is 5.11 Å². The Morgan fingerprint density at radius 1 is 1.69 bits per heavy atom. The first-order valence-corrected chi connectivity index (χ1v) is 4.30. The van der Waals surface area contributed by atoms with Crippen molar-refractivity contribution in [3.63, 3.8) is 0 Å². The van der Waals surface area contributed by atoms with Crippen LogP contribution in [0.2, 0.25) is 0 Å². The molecule has 0 saturated heterocycles. The molecule has 3 nitrogen and oxygen atoms in total. The second kappa shape index (κ2) is 4.68. The first-order valence-electron chi connectivity index (χ1n) is 4.30. The van der Waals surface area contributed by atoms with Gasteiger partial charge in [0, 0.05) is 25.2 Å². The van der Waals surface area contributed by atoms with Gasteiger partial charge in [0.2, 0.25) is 0 Å². The van der Waals surface area contributed by atoms with Gasteiger partial charge in [-0.05, 0) is 13.3 Å². The molecule has 0 aliphatic carbocycles. The average Bonchev–Trinajstić information content (AvgIpc) is 2.52. The molecule has 0 aromatic carbocycles. The van der Waals surface area contributed by atoms with E-state index in [1.807, 2.05) is 13.2 Å². The maximum absolute atomic E-state index is 9.64. The molecule has 1 N–H and O–H groups in total. The highest BCUT2D eigenvalue weighted by Gasteiger charge is 2.07. The molecule has 1 aromatic rings. The molecule has 0 bridgehead atoms. The lowest BCUT2D eigenvalue weighted by atomic mass is 10.1. The monoisotopic (exact) mass is 178 g/mol.